The zero-order chi connectivity index (χ0) is 13.4. The lowest BCUT2D eigenvalue weighted by atomic mass is 9.81. The summed E-state index contributed by atoms with van der Waals surface area (Å²) in [6.45, 7) is 0. The number of hydrogen-bond acceptors (Lipinski definition) is 0. The van der Waals surface area contributed by atoms with Crippen LogP contribution < -0.4 is 0 Å². The van der Waals surface area contributed by atoms with Crippen molar-refractivity contribution in [2.24, 2.45) is 0 Å². The maximum absolute atomic E-state index is 2.36. The molecule has 0 fully saturated rings. The lowest BCUT2D eigenvalue weighted by molar-refractivity contribution is 0.681. The topological polar surface area (TPSA) is 0 Å². The number of aryl methyl sites for hydroxylation is 2. The fourth-order valence-electron chi connectivity index (χ4n) is 4.07. The number of rotatable bonds is 1. The fourth-order valence-corrected chi connectivity index (χ4v) is 4.07. The Hall–Kier alpha value is -1.56. The molecule has 2 aromatic rings. The van der Waals surface area contributed by atoms with Gasteiger partial charge in [0, 0.05) is 0 Å². The average molecular weight is 262 g/mol. The standard InChI is InChI=1S/C20H22/c1-3-11-17-15(7-1)9-5-13-19(17)20-14-6-10-16-8-2-4-12-18(16)20/h5-6,9-10,13-14H,1-4,7-8,11-12H2. The molecule has 0 amide bonds. The normalized spacial score (nSPS) is 17.4. The van der Waals surface area contributed by atoms with Crippen LogP contribution in [0.25, 0.3) is 11.1 Å². The second-order valence-electron chi connectivity index (χ2n) is 6.30. The summed E-state index contributed by atoms with van der Waals surface area (Å²) >= 11 is 0. The first-order valence-electron chi connectivity index (χ1n) is 8.15. The first-order valence-corrected chi connectivity index (χ1v) is 8.15. The van der Waals surface area contributed by atoms with Crippen molar-refractivity contribution in [3.05, 3.63) is 58.7 Å². The largest absolute Gasteiger partial charge is 0.0614 e. The molecule has 0 N–H and O–H groups in total. The van der Waals surface area contributed by atoms with Gasteiger partial charge in [0.05, 0.1) is 0 Å². The molecule has 0 heteroatoms. The van der Waals surface area contributed by atoms with Crippen LogP contribution in [0.2, 0.25) is 0 Å². The minimum absolute atomic E-state index is 1.27. The van der Waals surface area contributed by atoms with Crippen LogP contribution >= 0.6 is 0 Å². The van der Waals surface area contributed by atoms with Gasteiger partial charge >= 0.3 is 0 Å². The number of fused-ring (bicyclic) bond motifs is 2. The monoisotopic (exact) mass is 262 g/mol. The predicted octanol–water partition coefficient (Wildman–Crippen LogP) is 5.11. The summed E-state index contributed by atoms with van der Waals surface area (Å²) in [5, 5.41) is 0. The van der Waals surface area contributed by atoms with Gasteiger partial charge in [0.1, 0.15) is 0 Å². The van der Waals surface area contributed by atoms with E-state index in [2.05, 4.69) is 36.4 Å². The Morgan fingerprint density at radius 1 is 0.500 bits per heavy atom. The highest BCUT2D eigenvalue weighted by Gasteiger charge is 2.18. The number of benzene rings is 2. The molecule has 0 nitrogen and oxygen atoms in total. The molecule has 102 valence electrons. The van der Waals surface area contributed by atoms with Crippen molar-refractivity contribution < 1.29 is 0 Å². The molecular weight excluding hydrogens is 240 g/mol. The molecule has 0 spiro atoms. The summed E-state index contributed by atoms with van der Waals surface area (Å²) in [6, 6.07) is 13.9. The molecule has 2 aliphatic carbocycles. The lowest BCUT2D eigenvalue weighted by Gasteiger charge is -2.24. The Kier molecular flexibility index (Phi) is 3.10. The maximum atomic E-state index is 2.36. The summed E-state index contributed by atoms with van der Waals surface area (Å²) in [5.74, 6) is 0. The van der Waals surface area contributed by atoms with Crippen LogP contribution in [0.15, 0.2) is 36.4 Å². The van der Waals surface area contributed by atoms with Gasteiger partial charge in [0.15, 0.2) is 0 Å². The van der Waals surface area contributed by atoms with Gasteiger partial charge in [-0.25, -0.2) is 0 Å². The third-order valence-electron chi connectivity index (χ3n) is 5.08. The van der Waals surface area contributed by atoms with E-state index in [0.717, 1.165) is 0 Å². The van der Waals surface area contributed by atoms with Gasteiger partial charge in [-0.15, -0.1) is 0 Å². The third kappa shape index (κ3) is 1.98. The second-order valence-corrected chi connectivity index (χ2v) is 6.30. The molecule has 4 rings (SSSR count). The summed E-state index contributed by atoms with van der Waals surface area (Å²) < 4.78 is 0. The molecule has 0 radical (unpaired) electrons. The Bertz CT molecular complexity index is 579. The van der Waals surface area contributed by atoms with Gasteiger partial charge in [-0.2, -0.15) is 0 Å². The van der Waals surface area contributed by atoms with Crippen molar-refractivity contribution in [2.45, 2.75) is 51.4 Å². The summed E-state index contributed by atoms with van der Waals surface area (Å²) in [7, 11) is 0. The quantitative estimate of drug-likeness (QED) is 0.670. The van der Waals surface area contributed by atoms with E-state index in [9.17, 15) is 0 Å². The Morgan fingerprint density at radius 2 is 0.950 bits per heavy atom. The van der Waals surface area contributed by atoms with Crippen LogP contribution in [0.1, 0.15) is 47.9 Å². The van der Waals surface area contributed by atoms with Crippen LogP contribution in [-0.4, -0.2) is 0 Å². The van der Waals surface area contributed by atoms with Gasteiger partial charge in [-0.05, 0) is 84.7 Å². The third-order valence-corrected chi connectivity index (χ3v) is 5.08. The van der Waals surface area contributed by atoms with Crippen LogP contribution in [0.5, 0.6) is 0 Å². The fraction of sp³-hybridized carbons (Fsp3) is 0.400. The SMILES string of the molecule is c1cc2c(c(-c3cccc4c3CCCC4)c1)CCCC2. The molecule has 20 heavy (non-hydrogen) atoms. The molecule has 0 aromatic heterocycles. The van der Waals surface area contributed by atoms with Crippen molar-refractivity contribution in [1.82, 2.24) is 0 Å². The molecule has 0 heterocycles. The highest BCUT2D eigenvalue weighted by atomic mass is 14.2. The van der Waals surface area contributed by atoms with Gasteiger partial charge < -0.3 is 0 Å². The summed E-state index contributed by atoms with van der Waals surface area (Å²) in [6.07, 6.45) is 10.5. The van der Waals surface area contributed by atoms with Crippen LogP contribution in [-0.2, 0) is 25.7 Å². The summed E-state index contributed by atoms with van der Waals surface area (Å²) in [5.41, 5.74) is 9.53. The minimum atomic E-state index is 1.27. The Labute approximate surface area is 121 Å². The molecule has 0 unspecified atom stereocenters. The van der Waals surface area contributed by atoms with Gasteiger partial charge in [-0.3, -0.25) is 0 Å². The predicted molar refractivity (Wildman–Crippen MR) is 85.2 cm³/mol. The van der Waals surface area contributed by atoms with Crippen molar-refractivity contribution in [3.8, 4) is 11.1 Å². The number of hydrogen-bond donors (Lipinski definition) is 0. The Morgan fingerprint density at radius 3 is 1.45 bits per heavy atom. The van der Waals surface area contributed by atoms with E-state index in [-0.39, 0.29) is 0 Å². The van der Waals surface area contributed by atoms with Crippen molar-refractivity contribution >= 4 is 0 Å². The maximum Gasteiger partial charge on any atom is -0.0146 e. The van der Waals surface area contributed by atoms with Crippen molar-refractivity contribution in [3.63, 3.8) is 0 Å². The molecule has 0 saturated carbocycles. The van der Waals surface area contributed by atoms with Crippen molar-refractivity contribution in [1.29, 1.82) is 0 Å². The van der Waals surface area contributed by atoms with Crippen LogP contribution in [0, 0.1) is 0 Å². The lowest BCUT2D eigenvalue weighted by Crippen LogP contribution is -2.08. The van der Waals surface area contributed by atoms with E-state index in [4.69, 9.17) is 0 Å². The molecule has 0 saturated heterocycles. The molecule has 0 bridgehead atoms. The second kappa shape index (κ2) is 5.09. The van der Waals surface area contributed by atoms with Gasteiger partial charge in [0.2, 0.25) is 0 Å². The van der Waals surface area contributed by atoms with E-state index in [1.165, 1.54) is 62.5 Å². The Balaban J connectivity index is 1.90. The van der Waals surface area contributed by atoms with Crippen LogP contribution in [0.3, 0.4) is 0 Å². The molecule has 2 aromatic carbocycles. The minimum Gasteiger partial charge on any atom is -0.0614 e. The van der Waals surface area contributed by atoms with E-state index in [1.807, 2.05) is 0 Å². The van der Waals surface area contributed by atoms with Gasteiger partial charge in [-0.1, -0.05) is 36.4 Å². The average Bonchev–Trinajstić information content (AvgIpc) is 2.54. The van der Waals surface area contributed by atoms with E-state index in [0.29, 0.717) is 0 Å². The molecule has 2 aliphatic rings. The summed E-state index contributed by atoms with van der Waals surface area (Å²) in [4.78, 5) is 0. The van der Waals surface area contributed by atoms with Gasteiger partial charge in [0.25, 0.3) is 0 Å². The first kappa shape index (κ1) is 12.2. The first-order chi connectivity index (χ1) is 9.93. The smallest absolute Gasteiger partial charge is 0.0146 e. The van der Waals surface area contributed by atoms with E-state index < -0.39 is 0 Å². The van der Waals surface area contributed by atoms with E-state index >= 15 is 0 Å². The van der Waals surface area contributed by atoms with E-state index in [1.54, 1.807) is 22.3 Å². The molecular formula is C20H22. The molecule has 0 atom stereocenters. The van der Waals surface area contributed by atoms with Crippen LogP contribution in [0.4, 0.5) is 0 Å². The molecule has 0 aliphatic heterocycles. The highest BCUT2D eigenvalue weighted by molar-refractivity contribution is 5.73. The highest BCUT2D eigenvalue weighted by Crippen LogP contribution is 2.36. The zero-order valence-electron chi connectivity index (χ0n) is 12.1. The zero-order valence-corrected chi connectivity index (χ0v) is 12.1. The van der Waals surface area contributed by atoms with Crippen molar-refractivity contribution in [2.75, 3.05) is 0 Å².